The van der Waals surface area contributed by atoms with E-state index in [4.69, 9.17) is 11.6 Å². The Bertz CT molecular complexity index is 352. The van der Waals surface area contributed by atoms with Crippen LogP contribution in [-0.4, -0.2) is 11.0 Å². The van der Waals surface area contributed by atoms with Crippen LogP contribution in [-0.2, 0) is 4.79 Å². The Morgan fingerprint density at radius 2 is 2.27 bits per heavy atom. The Morgan fingerprint density at radius 3 is 2.93 bits per heavy atom. The van der Waals surface area contributed by atoms with E-state index in [1.54, 1.807) is 6.07 Å². The maximum Gasteiger partial charge on any atom is 0.224 e. The molecule has 1 amide bonds. The quantitative estimate of drug-likeness (QED) is 0.777. The van der Waals surface area contributed by atoms with E-state index in [1.807, 2.05) is 6.92 Å². The van der Waals surface area contributed by atoms with Crippen LogP contribution in [0.5, 0.6) is 5.75 Å². The molecule has 1 rings (SSSR count). The molecule has 0 aliphatic carbocycles. The van der Waals surface area contributed by atoms with Crippen molar-refractivity contribution in [3.8, 4) is 5.75 Å². The number of halogens is 1. The monoisotopic (exact) mass is 227 g/mol. The number of nitrogens with one attached hydrogen (secondary N) is 1. The van der Waals surface area contributed by atoms with Gasteiger partial charge in [-0.3, -0.25) is 4.79 Å². The van der Waals surface area contributed by atoms with Crippen molar-refractivity contribution in [2.24, 2.45) is 0 Å². The Morgan fingerprint density at radius 1 is 1.53 bits per heavy atom. The van der Waals surface area contributed by atoms with Gasteiger partial charge in [0.2, 0.25) is 5.91 Å². The molecule has 0 aliphatic heterocycles. The third-order valence-electron chi connectivity index (χ3n) is 1.99. The molecule has 0 aromatic heterocycles. The zero-order valence-corrected chi connectivity index (χ0v) is 9.34. The van der Waals surface area contributed by atoms with E-state index in [1.165, 1.54) is 12.1 Å². The molecule has 82 valence electrons. The summed E-state index contributed by atoms with van der Waals surface area (Å²) >= 11 is 5.74. The van der Waals surface area contributed by atoms with Gasteiger partial charge in [-0.15, -0.1) is 0 Å². The fourth-order valence-electron chi connectivity index (χ4n) is 1.16. The first-order valence-electron chi connectivity index (χ1n) is 4.92. The number of hydrogen-bond donors (Lipinski definition) is 2. The smallest absolute Gasteiger partial charge is 0.224 e. The summed E-state index contributed by atoms with van der Waals surface area (Å²) in [4.78, 5) is 11.4. The summed E-state index contributed by atoms with van der Waals surface area (Å²) in [6.45, 7) is 2.02. The average Bonchev–Trinajstić information content (AvgIpc) is 2.20. The van der Waals surface area contributed by atoms with Gasteiger partial charge >= 0.3 is 0 Å². The van der Waals surface area contributed by atoms with Crippen LogP contribution in [0.4, 0.5) is 5.69 Å². The van der Waals surface area contributed by atoms with Crippen molar-refractivity contribution in [3.05, 3.63) is 23.2 Å². The van der Waals surface area contributed by atoms with E-state index >= 15 is 0 Å². The molecule has 0 spiro atoms. The summed E-state index contributed by atoms with van der Waals surface area (Å²) in [5.74, 6) is -0.0707. The summed E-state index contributed by atoms with van der Waals surface area (Å²) in [7, 11) is 0. The number of unbranched alkanes of at least 4 members (excludes halogenated alkanes) is 1. The summed E-state index contributed by atoms with van der Waals surface area (Å²) in [5.41, 5.74) is 0.364. The molecule has 1 aromatic rings. The molecule has 4 heteroatoms. The molecule has 15 heavy (non-hydrogen) atoms. The fraction of sp³-hybridized carbons (Fsp3) is 0.364. The number of anilines is 1. The highest BCUT2D eigenvalue weighted by molar-refractivity contribution is 6.31. The van der Waals surface area contributed by atoms with Crippen molar-refractivity contribution < 1.29 is 9.90 Å². The van der Waals surface area contributed by atoms with Crippen LogP contribution in [0.2, 0.25) is 5.02 Å². The van der Waals surface area contributed by atoms with Gasteiger partial charge in [0, 0.05) is 11.4 Å². The summed E-state index contributed by atoms with van der Waals surface area (Å²) in [5, 5.41) is 12.5. The van der Waals surface area contributed by atoms with Crippen LogP contribution in [0.1, 0.15) is 26.2 Å². The molecular formula is C11H14ClNO2. The molecule has 0 radical (unpaired) electrons. The van der Waals surface area contributed by atoms with Crippen molar-refractivity contribution in [3.63, 3.8) is 0 Å². The molecule has 0 bridgehead atoms. The predicted octanol–water partition coefficient (Wildman–Crippen LogP) is 3.17. The molecule has 0 saturated carbocycles. The van der Waals surface area contributed by atoms with Crippen molar-refractivity contribution in [2.75, 3.05) is 5.32 Å². The maximum absolute atomic E-state index is 11.4. The molecule has 0 saturated heterocycles. The zero-order valence-electron chi connectivity index (χ0n) is 8.59. The second-order valence-electron chi connectivity index (χ2n) is 3.31. The van der Waals surface area contributed by atoms with Crippen LogP contribution in [0.25, 0.3) is 0 Å². The number of phenols is 1. The molecule has 0 unspecified atom stereocenters. The van der Waals surface area contributed by atoms with Gasteiger partial charge in [-0.05, 0) is 24.6 Å². The minimum absolute atomic E-state index is 0.0317. The van der Waals surface area contributed by atoms with Crippen LogP contribution < -0.4 is 5.32 Å². The summed E-state index contributed by atoms with van der Waals surface area (Å²) in [6, 6.07) is 4.55. The minimum Gasteiger partial charge on any atom is -0.506 e. The Kier molecular flexibility index (Phi) is 4.43. The first-order valence-corrected chi connectivity index (χ1v) is 5.29. The predicted molar refractivity (Wildman–Crippen MR) is 61.3 cm³/mol. The topological polar surface area (TPSA) is 49.3 Å². The van der Waals surface area contributed by atoms with Gasteiger partial charge in [0.1, 0.15) is 5.75 Å². The lowest BCUT2D eigenvalue weighted by Gasteiger charge is -2.07. The average molecular weight is 228 g/mol. The molecule has 0 atom stereocenters. The highest BCUT2D eigenvalue weighted by Gasteiger charge is 2.06. The SMILES string of the molecule is CCCCC(=O)Nc1cc(Cl)ccc1O. The standard InChI is InChI=1S/C11H14ClNO2/c1-2-3-4-11(15)13-9-7-8(12)5-6-10(9)14/h5-7,14H,2-4H2,1H3,(H,13,15). The van der Waals surface area contributed by atoms with Crippen molar-refractivity contribution in [1.82, 2.24) is 0 Å². The Labute approximate surface area is 94.1 Å². The lowest BCUT2D eigenvalue weighted by atomic mass is 10.2. The maximum atomic E-state index is 11.4. The largest absolute Gasteiger partial charge is 0.506 e. The number of phenolic OH excluding ortho intramolecular Hbond substituents is 1. The molecule has 2 N–H and O–H groups in total. The first-order chi connectivity index (χ1) is 7.13. The second kappa shape index (κ2) is 5.61. The van der Waals surface area contributed by atoms with Crippen LogP contribution in [0.15, 0.2) is 18.2 Å². The molecule has 1 aromatic carbocycles. The van der Waals surface area contributed by atoms with Gasteiger partial charge in [0.25, 0.3) is 0 Å². The van der Waals surface area contributed by atoms with Gasteiger partial charge in [-0.2, -0.15) is 0 Å². The van der Waals surface area contributed by atoms with Crippen LogP contribution >= 0.6 is 11.6 Å². The zero-order chi connectivity index (χ0) is 11.3. The third kappa shape index (κ3) is 3.80. The third-order valence-corrected chi connectivity index (χ3v) is 2.23. The van der Waals surface area contributed by atoms with Gasteiger partial charge in [-0.25, -0.2) is 0 Å². The number of carbonyl (C=O) groups excluding carboxylic acids is 1. The number of hydrogen-bond acceptors (Lipinski definition) is 2. The lowest BCUT2D eigenvalue weighted by molar-refractivity contribution is -0.116. The summed E-state index contributed by atoms with van der Waals surface area (Å²) in [6.07, 6.45) is 2.27. The highest BCUT2D eigenvalue weighted by atomic mass is 35.5. The van der Waals surface area contributed by atoms with Crippen LogP contribution in [0, 0.1) is 0 Å². The summed E-state index contributed by atoms with van der Waals surface area (Å²) < 4.78 is 0. The van der Waals surface area contributed by atoms with E-state index in [0.717, 1.165) is 12.8 Å². The number of benzene rings is 1. The molecule has 3 nitrogen and oxygen atoms in total. The van der Waals surface area contributed by atoms with Crippen molar-refractivity contribution in [1.29, 1.82) is 0 Å². The highest BCUT2D eigenvalue weighted by Crippen LogP contribution is 2.26. The minimum atomic E-state index is -0.102. The Hall–Kier alpha value is -1.22. The number of rotatable bonds is 4. The Balaban J connectivity index is 2.63. The normalized spacial score (nSPS) is 10.0. The van der Waals surface area contributed by atoms with E-state index in [-0.39, 0.29) is 11.7 Å². The van der Waals surface area contributed by atoms with Gasteiger partial charge in [0.15, 0.2) is 0 Å². The van der Waals surface area contributed by atoms with E-state index < -0.39 is 0 Å². The lowest BCUT2D eigenvalue weighted by Crippen LogP contribution is -2.10. The van der Waals surface area contributed by atoms with Crippen LogP contribution in [0.3, 0.4) is 0 Å². The molecule has 0 heterocycles. The molecule has 0 aliphatic rings. The fourth-order valence-corrected chi connectivity index (χ4v) is 1.33. The van der Waals surface area contributed by atoms with Gasteiger partial charge in [-0.1, -0.05) is 24.9 Å². The molecular weight excluding hydrogens is 214 g/mol. The van der Waals surface area contributed by atoms with Gasteiger partial charge in [0.05, 0.1) is 5.69 Å². The van der Waals surface area contributed by atoms with Crippen molar-refractivity contribution in [2.45, 2.75) is 26.2 Å². The number of amides is 1. The van der Waals surface area contributed by atoms with E-state index in [9.17, 15) is 9.90 Å². The van der Waals surface area contributed by atoms with Crippen molar-refractivity contribution >= 4 is 23.2 Å². The second-order valence-corrected chi connectivity index (χ2v) is 3.75. The van der Waals surface area contributed by atoms with E-state index in [2.05, 4.69) is 5.32 Å². The van der Waals surface area contributed by atoms with Gasteiger partial charge < -0.3 is 10.4 Å². The number of carbonyl (C=O) groups is 1. The van der Waals surface area contributed by atoms with E-state index in [0.29, 0.717) is 17.1 Å². The number of aromatic hydroxyl groups is 1. The molecule has 0 fully saturated rings. The first kappa shape index (κ1) is 11.9.